The Morgan fingerprint density at radius 1 is 1.50 bits per heavy atom. The summed E-state index contributed by atoms with van der Waals surface area (Å²) in [5.74, 6) is 0.0469. The molecule has 2 unspecified atom stereocenters. The molecule has 1 saturated carbocycles. The van der Waals surface area contributed by atoms with Crippen molar-refractivity contribution in [2.45, 2.75) is 52.2 Å². The first kappa shape index (κ1) is 13.5. The molecule has 16 heavy (non-hydrogen) atoms. The van der Waals surface area contributed by atoms with Gasteiger partial charge in [-0.2, -0.15) is 0 Å². The zero-order chi connectivity index (χ0) is 12.2. The number of hydrogen-bond donors (Lipinski definition) is 3. The van der Waals surface area contributed by atoms with Crippen LogP contribution in [0.1, 0.15) is 40.0 Å². The number of amides is 1. The average Bonchev–Trinajstić information content (AvgIpc) is 2.24. The Kier molecular flexibility index (Phi) is 4.74. The summed E-state index contributed by atoms with van der Waals surface area (Å²) in [7, 11) is 0. The third-order valence-corrected chi connectivity index (χ3v) is 3.58. The van der Waals surface area contributed by atoms with Gasteiger partial charge in [-0.25, -0.2) is 0 Å². The normalized spacial score (nSPS) is 27.2. The molecular formula is C12H24N2O2. The molecule has 0 radical (unpaired) electrons. The number of carbonyl (C=O) groups excluding carboxylic acids is 1. The van der Waals surface area contributed by atoms with Crippen LogP contribution in [0.2, 0.25) is 0 Å². The van der Waals surface area contributed by atoms with Crippen LogP contribution in [0.4, 0.5) is 0 Å². The molecule has 4 nitrogen and oxygen atoms in total. The number of unbranched alkanes of at least 4 members (excludes halogenated alkanes) is 1. The van der Waals surface area contributed by atoms with Crippen LogP contribution in [-0.4, -0.2) is 36.2 Å². The van der Waals surface area contributed by atoms with Gasteiger partial charge in [0.2, 0.25) is 5.91 Å². The van der Waals surface area contributed by atoms with Gasteiger partial charge in [-0.1, -0.05) is 27.2 Å². The standard InChI is InChI=1S/C12H24N2O2/c1-4-5-6-13-11(16)8-14-9-7-10(15)12(9,2)3/h9-10,14-15H,4-8H2,1-3H3,(H,13,16). The molecular weight excluding hydrogens is 204 g/mol. The molecule has 4 heteroatoms. The Balaban J connectivity index is 2.13. The van der Waals surface area contributed by atoms with E-state index >= 15 is 0 Å². The van der Waals surface area contributed by atoms with E-state index in [1.165, 1.54) is 0 Å². The summed E-state index contributed by atoms with van der Waals surface area (Å²) in [6.45, 7) is 7.25. The molecule has 1 aliphatic carbocycles. The lowest BCUT2D eigenvalue weighted by molar-refractivity contribution is -0.122. The first-order chi connectivity index (χ1) is 7.48. The number of rotatable bonds is 6. The Morgan fingerprint density at radius 2 is 2.19 bits per heavy atom. The molecule has 1 rings (SSSR count). The molecule has 94 valence electrons. The van der Waals surface area contributed by atoms with Crippen molar-refractivity contribution in [1.29, 1.82) is 0 Å². The minimum absolute atomic E-state index is 0.0469. The minimum atomic E-state index is -0.242. The van der Waals surface area contributed by atoms with Gasteiger partial charge in [0.05, 0.1) is 12.6 Å². The summed E-state index contributed by atoms with van der Waals surface area (Å²) in [5.41, 5.74) is -0.107. The van der Waals surface area contributed by atoms with Gasteiger partial charge in [0.1, 0.15) is 0 Å². The van der Waals surface area contributed by atoms with E-state index < -0.39 is 0 Å². The van der Waals surface area contributed by atoms with Gasteiger partial charge >= 0.3 is 0 Å². The van der Waals surface area contributed by atoms with Crippen LogP contribution in [0.25, 0.3) is 0 Å². The molecule has 0 aromatic heterocycles. The van der Waals surface area contributed by atoms with Crippen molar-refractivity contribution < 1.29 is 9.90 Å². The van der Waals surface area contributed by atoms with Gasteiger partial charge in [0.25, 0.3) is 0 Å². The maximum absolute atomic E-state index is 11.4. The van der Waals surface area contributed by atoms with Crippen LogP contribution in [0.3, 0.4) is 0 Å². The first-order valence-corrected chi connectivity index (χ1v) is 6.16. The van der Waals surface area contributed by atoms with Crippen molar-refractivity contribution in [1.82, 2.24) is 10.6 Å². The molecule has 0 spiro atoms. The molecule has 0 aromatic rings. The second-order valence-corrected chi connectivity index (χ2v) is 5.21. The molecule has 2 atom stereocenters. The number of aliphatic hydroxyl groups is 1. The highest BCUT2D eigenvalue weighted by Gasteiger charge is 2.46. The molecule has 0 aliphatic heterocycles. The summed E-state index contributed by atoms with van der Waals surface area (Å²) in [5, 5.41) is 15.6. The summed E-state index contributed by atoms with van der Waals surface area (Å²) < 4.78 is 0. The number of nitrogens with one attached hydrogen (secondary N) is 2. The van der Waals surface area contributed by atoms with Crippen LogP contribution in [-0.2, 0) is 4.79 Å². The maximum Gasteiger partial charge on any atom is 0.233 e. The SMILES string of the molecule is CCCCNC(=O)CNC1CC(O)C1(C)C. The lowest BCUT2D eigenvalue weighted by Crippen LogP contribution is -2.61. The topological polar surface area (TPSA) is 61.4 Å². The van der Waals surface area contributed by atoms with Crippen LogP contribution < -0.4 is 10.6 Å². The summed E-state index contributed by atoms with van der Waals surface area (Å²) in [4.78, 5) is 11.4. The van der Waals surface area contributed by atoms with Crippen LogP contribution in [0.15, 0.2) is 0 Å². The van der Waals surface area contributed by atoms with E-state index in [0.717, 1.165) is 25.8 Å². The lowest BCUT2D eigenvalue weighted by atomic mass is 9.64. The Bertz CT molecular complexity index is 241. The van der Waals surface area contributed by atoms with Gasteiger partial charge in [-0.3, -0.25) is 4.79 Å². The third-order valence-electron chi connectivity index (χ3n) is 3.58. The Morgan fingerprint density at radius 3 is 2.69 bits per heavy atom. The first-order valence-electron chi connectivity index (χ1n) is 6.16. The van der Waals surface area contributed by atoms with Crippen molar-refractivity contribution in [3.8, 4) is 0 Å². The molecule has 1 fully saturated rings. The molecule has 0 heterocycles. The summed E-state index contributed by atoms with van der Waals surface area (Å²) in [6.07, 6.45) is 2.62. The van der Waals surface area contributed by atoms with Gasteiger partial charge in [0, 0.05) is 18.0 Å². The zero-order valence-electron chi connectivity index (χ0n) is 10.5. The zero-order valence-corrected chi connectivity index (χ0v) is 10.5. The Hall–Kier alpha value is -0.610. The van der Waals surface area contributed by atoms with Gasteiger partial charge in [-0.15, -0.1) is 0 Å². The van der Waals surface area contributed by atoms with Crippen molar-refractivity contribution in [3.05, 3.63) is 0 Å². The number of aliphatic hydroxyl groups excluding tert-OH is 1. The lowest BCUT2D eigenvalue weighted by Gasteiger charge is -2.49. The number of hydrogen-bond acceptors (Lipinski definition) is 3. The second kappa shape index (κ2) is 5.64. The van der Waals surface area contributed by atoms with E-state index in [9.17, 15) is 9.90 Å². The van der Waals surface area contributed by atoms with E-state index in [1.807, 2.05) is 13.8 Å². The second-order valence-electron chi connectivity index (χ2n) is 5.21. The summed E-state index contributed by atoms with van der Waals surface area (Å²) >= 11 is 0. The van der Waals surface area contributed by atoms with E-state index in [-0.39, 0.29) is 23.5 Å². The fraction of sp³-hybridized carbons (Fsp3) is 0.917. The Labute approximate surface area is 97.8 Å². The molecule has 3 N–H and O–H groups in total. The monoisotopic (exact) mass is 228 g/mol. The van der Waals surface area contributed by atoms with E-state index in [0.29, 0.717) is 6.54 Å². The molecule has 1 amide bonds. The highest BCUT2D eigenvalue weighted by Crippen LogP contribution is 2.40. The molecule has 0 aromatic carbocycles. The highest BCUT2D eigenvalue weighted by molar-refractivity contribution is 5.78. The quantitative estimate of drug-likeness (QED) is 0.585. The fourth-order valence-corrected chi connectivity index (χ4v) is 1.93. The number of carbonyl (C=O) groups is 1. The molecule has 1 aliphatic rings. The predicted molar refractivity (Wildman–Crippen MR) is 64.1 cm³/mol. The average molecular weight is 228 g/mol. The van der Waals surface area contributed by atoms with Crippen LogP contribution >= 0.6 is 0 Å². The van der Waals surface area contributed by atoms with Crippen molar-refractivity contribution in [2.24, 2.45) is 5.41 Å². The fourth-order valence-electron chi connectivity index (χ4n) is 1.93. The van der Waals surface area contributed by atoms with Gasteiger partial charge in [-0.05, 0) is 12.8 Å². The van der Waals surface area contributed by atoms with Crippen LogP contribution in [0.5, 0.6) is 0 Å². The third kappa shape index (κ3) is 3.19. The highest BCUT2D eigenvalue weighted by atomic mass is 16.3. The van der Waals surface area contributed by atoms with Gasteiger partial charge in [0.15, 0.2) is 0 Å². The van der Waals surface area contributed by atoms with E-state index in [4.69, 9.17) is 0 Å². The smallest absolute Gasteiger partial charge is 0.233 e. The maximum atomic E-state index is 11.4. The summed E-state index contributed by atoms with van der Waals surface area (Å²) in [6, 6.07) is 0.249. The van der Waals surface area contributed by atoms with Crippen molar-refractivity contribution in [3.63, 3.8) is 0 Å². The van der Waals surface area contributed by atoms with Crippen molar-refractivity contribution in [2.75, 3.05) is 13.1 Å². The largest absolute Gasteiger partial charge is 0.392 e. The van der Waals surface area contributed by atoms with Crippen molar-refractivity contribution >= 4 is 5.91 Å². The van der Waals surface area contributed by atoms with Gasteiger partial charge < -0.3 is 15.7 Å². The van der Waals surface area contributed by atoms with E-state index in [2.05, 4.69) is 17.6 Å². The minimum Gasteiger partial charge on any atom is -0.392 e. The molecule has 0 bridgehead atoms. The molecule has 0 saturated heterocycles. The predicted octanol–water partition coefficient (Wildman–Crippen LogP) is 0.652. The van der Waals surface area contributed by atoms with E-state index in [1.54, 1.807) is 0 Å². The van der Waals surface area contributed by atoms with Crippen LogP contribution in [0, 0.1) is 5.41 Å².